The summed E-state index contributed by atoms with van der Waals surface area (Å²) in [6, 6.07) is -0.0638. The van der Waals surface area contributed by atoms with Crippen LogP contribution in [-0.4, -0.2) is 37.1 Å². The summed E-state index contributed by atoms with van der Waals surface area (Å²) < 4.78 is 28.8. The summed E-state index contributed by atoms with van der Waals surface area (Å²) in [5.41, 5.74) is 0. The number of imidazole rings is 1. The molecule has 0 aromatic carbocycles. The summed E-state index contributed by atoms with van der Waals surface area (Å²) in [6.07, 6.45) is 2.52. The molecule has 8 heteroatoms. The van der Waals surface area contributed by atoms with E-state index in [1.807, 2.05) is 0 Å². The Morgan fingerprint density at radius 2 is 2.21 bits per heavy atom. The maximum absolute atomic E-state index is 12.2. The van der Waals surface area contributed by atoms with Gasteiger partial charge in [-0.15, -0.1) is 12.4 Å². The lowest BCUT2D eigenvalue weighted by Crippen LogP contribution is -2.50. The third-order valence-corrected chi connectivity index (χ3v) is 4.86. The minimum Gasteiger partial charge on any atom is -0.337 e. The van der Waals surface area contributed by atoms with Crippen molar-refractivity contribution in [3.8, 4) is 0 Å². The molecule has 0 bridgehead atoms. The average molecular weight is 309 g/mol. The normalized spacial score (nSPS) is 23.9. The van der Waals surface area contributed by atoms with Crippen LogP contribution in [0.1, 0.15) is 19.2 Å². The average Bonchev–Trinajstić information content (AvgIpc) is 2.63. The Balaban J connectivity index is 0.00000180. The predicted octanol–water partition coefficient (Wildman–Crippen LogP) is 0.427. The summed E-state index contributed by atoms with van der Waals surface area (Å²) in [4.78, 5) is 4.06. The zero-order valence-electron chi connectivity index (χ0n) is 11.4. The molecule has 1 aliphatic rings. The van der Waals surface area contributed by atoms with E-state index < -0.39 is 10.0 Å². The smallest absolute Gasteiger partial charge is 0.259 e. The van der Waals surface area contributed by atoms with Gasteiger partial charge in [-0.25, -0.2) is 18.1 Å². The van der Waals surface area contributed by atoms with Gasteiger partial charge in [0.15, 0.2) is 5.03 Å². The largest absolute Gasteiger partial charge is 0.337 e. The van der Waals surface area contributed by atoms with Crippen molar-refractivity contribution in [3.05, 3.63) is 12.0 Å². The Kier molecular flexibility index (Phi) is 5.37. The maximum atomic E-state index is 12.2. The number of piperidine rings is 1. The topological polar surface area (TPSA) is 76.0 Å². The lowest BCUT2D eigenvalue weighted by molar-refractivity contribution is 0.327. The Labute approximate surface area is 120 Å². The van der Waals surface area contributed by atoms with E-state index in [4.69, 9.17) is 0 Å². The van der Waals surface area contributed by atoms with Crippen molar-refractivity contribution in [2.45, 2.75) is 31.3 Å². The third-order valence-electron chi connectivity index (χ3n) is 3.50. The van der Waals surface area contributed by atoms with Gasteiger partial charge in [0.1, 0.15) is 5.82 Å². The van der Waals surface area contributed by atoms with Crippen LogP contribution in [-0.2, 0) is 17.1 Å². The van der Waals surface area contributed by atoms with Crippen LogP contribution in [0.2, 0.25) is 0 Å². The van der Waals surface area contributed by atoms with Gasteiger partial charge in [-0.1, -0.05) is 6.92 Å². The maximum Gasteiger partial charge on any atom is 0.259 e. The standard InChI is InChI=1S/C11H20N4O2S.ClH/c1-8-4-5-12-6-10(8)14-18(16,17)11-7-15(3)9(2)13-11;/h7-8,10,12,14H,4-6H2,1-3H3;1H. The van der Waals surface area contributed by atoms with E-state index in [0.29, 0.717) is 18.3 Å². The Morgan fingerprint density at radius 3 is 2.74 bits per heavy atom. The van der Waals surface area contributed by atoms with Crippen LogP contribution >= 0.6 is 12.4 Å². The quantitative estimate of drug-likeness (QED) is 0.849. The first-order valence-electron chi connectivity index (χ1n) is 6.13. The van der Waals surface area contributed by atoms with Crippen molar-refractivity contribution in [2.24, 2.45) is 13.0 Å². The van der Waals surface area contributed by atoms with Gasteiger partial charge in [-0.05, 0) is 25.8 Å². The molecule has 0 saturated carbocycles. The highest BCUT2D eigenvalue weighted by atomic mass is 35.5. The van der Waals surface area contributed by atoms with Gasteiger partial charge >= 0.3 is 0 Å². The molecule has 2 N–H and O–H groups in total. The molecular weight excluding hydrogens is 288 g/mol. The molecule has 1 aromatic rings. The van der Waals surface area contributed by atoms with Crippen molar-refractivity contribution in [1.29, 1.82) is 0 Å². The Hall–Kier alpha value is -0.630. The van der Waals surface area contributed by atoms with Crippen LogP contribution in [0.4, 0.5) is 0 Å². The second-order valence-electron chi connectivity index (χ2n) is 4.94. The highest BCUT2D eigenvalue weighted by molar-refractivity contribution is 7.89. The van der Waals surface area contributed by atoms with Crippen molar-refractivity contribution >= 4 is 22.4 Å². The monoisotopic (exact) mass is 308 g/mol. The number of aryl methyl sites for hydroxylation is 2. The molecule has 0 radical (unpaired) electrons. The summed E-state index contributed by atoms with van der Waals surface area (Å²) >= 11 is 0. The second-order valence-corrected chi connectivity index (χ2v) is 6.60. The lowest BCUT2D eigenvalue weighted by Gasteiger charge is -2.29. The fourth-order valence-corrected chi connectivity index (χ4v) is 3.45. The van der Waals surface area contributed by atoms with Gasteiger partial charge in [-0.3, -0.25) is 0 Å². The number of nitrogens with one attached hydrogen (secondary N) is 2. The van der Waals surface area contributed by atoms with Crippen LogP contribution in [0.15, 0.2) is 11.2 Å². The van der Waals surface area contributed by atoms with E-state index in [0.717, 1.165) is 13.0 Å². The molecule has 110 valence electrons. The van der Waals surface area contributed by atoms with Crippen molar-refractivity contribution in [2.75, 3.05) is 13.1 Å². The van der Waals surface area contributed by atoms with Crippen molar-refractivity contribution in [1.82, 2.24) is 19.6 Å². The molecule has 2 unspecified atom stereocenters. The molecule has 6 nitrogen and oxygen atoms in total. The van der Waals surface area contributed by atoms with Gasteiger partial charge in [0, 0.05) is 25.8 Å². The van der Waals surface area contributed by atoms with E-state index in [9.17, 15) is 8.42 Å². The third kappa shape index (κ3) is 3.68. The van der Waals surface area contributed by atoms with Gasteiger partial charge in [-0.2, -0.15) is 0 Å². The van der Waals surface area contributed by atoms with E-state index in [-0.39, 0.29) is 23.5 Å². The first-order chi connectivity index (χ1) is 8.40. The van der Waals surface area contributed by atoms with Gasteiger partial charge < -0.3 is 9.88 Å². The number of rotatable bonds is 3. The number of hydrogen-bond donors (Lipinski definition) is 2. The minimum atomic E-state index is -3.52. The van der Waals surface area contributed by atoms with Crippen LogP contribution in [0.25, 0.3) is 0 Å². The number of nitrogens with zero attached hydrogens (tertiary/aromatic N) is 2. The molecule has 2 rings (SSSR count). The predicted molar refractivity (Wildman–Crippen MR) is 76.0 cm³/mol. The number of sulfonamides is 1. The number of aromatic nitrogens is 2. The summed E-state index contributed by atoms with van der Waals surface area (Å²) in [6.45, 7) is 5.47. The van der Waals surface area contributed by atoms with E-state index >= 15 is 0 Å². The fourth-order valence-electron chi connectivity index (χ4n) is 2.06. The Morgan fingerprint density at radius 1 is 1.53 bits per heavy atom. The molecule has 1 saturated heterocycles. The van der Waals surface area contributed by atoms with Gasteiger partial charge in [0.2, 0.25) is 0 Å². The highest BCUT2D eigenvalue weighted by Crippen LogP contribution is 2.15. The molecule has 19 heavy (non-hydrogen) atoms. The Bertz CT molecular complexity index is 509. The number of halogens is 1. The molecule has 0 aliphatic carbocycles. The minimum absolute atomic E-state index is 0. The molecule has 1 aromatic heterocycles. The van der Waals surface area contributed by atoms with E-state index in [1.54, 1.807) is 24.7 Å². The number of hydrogen-bond acceptors (Lipinski definition) is 4. The molecule has 2 heterocycles. The summed E-state index contributed by atoms with van der Waals surface area (Å²) in [5, 5.41) is 3.30. The zero-order valence-corrected chi connectivity index (χ0v) is 13.0. The molecular formula is C11H21ClN4O2S. The fraction of sp³-hybridized carbons (Fsp3) is 0.727. The van der Waals surface area contributed by atoms with E-state index in [2.05, 4.69) is 21.9 Å². The first-order valence-corrected chi connectivity index (χ1v) is 7.61. The van der Waals surface area contributed by atoms with Crippen LogP contribution in [0, 0.1) is 12.8 Å². The lowest BCUT2D eigenvalue weighted by atomic mass is 9.96. The van der Waals surface area contributed by atoms with Crippen molar-refractivity contribution < 1.29 is 8.42 Å². The highest BCUT2D eigenvalue weighted by Gasteiger charge is 2.28. The van der Waals surface area contributed by atoms with E-state index in [1.165, 1.54) is 0 Å². The molecule has 0 spiro atoms. The van der Waals surface area contributed by atoms with Crippen LogP contribution < -0.4 is 10.0 Å². The van der Waals surface area contributed by atoms with Crippen molar-refractivity contribution in [3.63, 3.8) is 0 Å². The van der Waals surface area contributed by atoms with Crippen LogP contribution in [0.3, 0.4) is 0 Å². The molecule has 1 aliphatic heterocycles. The molecule has 0 amide bonds. The van der Waals surface area contributed by atoms with Crippen LogP contribution in [0.5, 0.6) is 0 Å². The zero-order chi connectivity index (χ0) is 13.3. The second kappa shape index (κ2) is 6.21. The molecule has 2 atom stereocenters. The SMILES string of the molecule is Cc1nc(S(=O)(=O)NC2CNCCC2C)cn1C.Cl. The first kappa shape index (κ1) is 16.4. The van der Waals surface area contributed by atoms with Gasteiger partial charge in [0.05, 0.1) is 0 Å². The molecule has 1 fully saturated rings. The summed E-state index contributed by atoms with van der Waals surface area (Å²) in [5.74, 6) is 1.02. The van der Waals surface area contributed by atoms with Gasteiger partial charge in [0.25, 0.3) is 10.0 Å². The summed E-state index contributed by atoms with van der Waals surface area (Å²) in [7, 11) is -1.73.